The second-order valence-electron chi connectivity index (χ2n) is 5.25. The Balaban J connectivity index is 2.01. The first kappa shape index (κ1) is 15.1. The number of piperidine rings is 1. The fourth-order valence-corrected chi connectivity index (χ4v) is 2.49. The normalized spacial score (nSPS) is 25.2. The Morgan fingerprint density at radius 3 is 2.50 bits per heavy atom. The molecule has 1 aromatic carbocycles. The molecule has 0 bridgehead atoms. The van der Waals surface area contributed by atoms with Gasteiger partial charge in [-0.05, 0) is 43.0 Å². The number of alkyl halides is 3. The maximum Gasteiger partial charge on any atom is 0.573 e. The van der Waals surface area contributed by atoms with Crippen LogP contribution in [0.25, 0.3) is 0 Å². The molecule has 112 valence electrons. The Morgan fingerprint density at radius 1 is 1.30 bits per heavy atom. The van der Waals surface area contributed by atoms with E-state index in [2.05, 4.69) is 17.0 Å². The Bertz CT molecular complexity index is 433. The molecule has 0 aromatic heterocycles. The summed E-state index contributed by atoms with van der Waals surface area (Å²) in [5, 5.41) is 13.5. The maximum atomic E-state index is 12.1. The van der Waals surface area contributed by atoms with E-state index in [9.17, 15) is 18.3 Å². The highest BCUT2D eigenvalue weighted by Gasteiger charge is 2.31. The highest BCUT2D eigenvalue weighted by Crippen LogP contribution is 2.28. The average molecular weight is 289 g/mol. The van der Waals surface area contributed by atoms with Crippen LogP contribution in [0.4, 0.5) is 13.2 Å². The van der Waals surface area contributed by atoms with E-state index >= 15 is 0 Å². The van der Waals surface area contributed by atoms with Gasteiger partial charge < -0.3 is 15.2 Å². The summed E-state index contributed by atoms with van der Waals surface area (Å²) in [6.07, 6.45) is -3.50. The zero-order valence-electron chi connectivity index (χ0n) is 11.2. The van der Waals surface area contributed by atoms with Crippen LogP contribution in [0.15, 0.2) is 24.3 Å². The third kappa shape index (κ3) is 4.11. The Kier molecular flexibility index (Phi) is 4.55. The monoisotopic (exact) mass is 289 g/mol. The van der Waals surface area contributed by atoms with Crippen LogP contribution < -0.4 is 10.1 Å². The van der Waals surface area contributed by atoms with Crippen LogP contribution >= 0.6 is 0 Å². The van der Waals surface area contributed by atoms with Gasteiger partial charge in [-0.2, -0.15) is 0 Å². The molecule has 1 aliphatic rings. The number of halogens is 3. The average Bonchev–Trinajstić information content (AvgIpc) is 2.37. The predicted octanol–water partition coefficient (Wildman–Crippen LogP) is 3.01. The van der Waals surface area contributed by atoms with Gasteiger partial charge in [-0.15, -0.1) is 13.2 Å². The third-order valence-corrected chi connectivity index (χ3v) is 3.54. The number of hydrogen-bond acceptors (Lipinski definition) is 3. The molecule has 3 atom stereocenters. The van der Waals surface area contributed by atoms with Gasteiger partial charge >= 0.3 is 6.36 Å². The lowest BCUT2D eigenvalue weighted by molar-refractivity contribution is -0.274. The number of aliphatic hydroxyl groups excluding tert-OH is 1. The molecule has 1 aromatic rings. The van der Waals surface area contributed by atoms with E-state index in [1.54, 1.807) is 0 Å². The molecule has 20 heavy (non-hydrogen) atoms. The molecule has 3 unspecified atom stereocenters. The predicted molar refractivity (Wildman–Crippen MR) is 68.3 cm³/mol. The molecule has 3 nitrogen and oxygen atoms in total. The SMILES string of the molecule is CC1CCNC(C(O)c2ccc(OC(F)(F)F)cc2)C1. The van der Waals surface area contributed by atoms with E-state index in [0.717, 1.165) is 19.4 Å². The summed E-state index contributed by atoms with van der Waals surface area (Å²) in [6, 6.07) is 5.31. The molecule has 6 heteroatoms. The first-order valence-electron chi connectivity index (χ1n) is 6.62. The minimum absolute atomic E-state index is 0.0619. The molecule has 2 N–H and O–H groups in total. The van der Waals surface area contributed by atoms with E-state index in [-0.39, 0.29) is 11.8 Å². The maximum absolute atomic E-state index is 12.1. The van der Waals surface area contributed by atoms with Crippen LogP contribution in [0.2, 0.25) is 0 Å². The van der Waals surface area contributed by atoms with Crippen molar-refractivity contribution in [2.75, 3.05) is 6.54 Å². The van der Waals surface area contributed by atoms with Gasteiger partial charge in [0.1, 0.15) is 5.75 Å². The molecule has 0 spiro atoms. The Hall–Kier alpha value is -1.27. The van der Waals surface area contributed by atoms with Gasteiger partial charge in [0.05, 0.1) is 6.10 Å². The number of benzene rings is 1. The van der Waals surface area contributed by atoms with Gasteiger partial charge in [0.2, 0.25) is 0 Å². The van der Waals surface area contributed by atoms with Crippen molar-refractivity contribution in [1.82, 2.24) is 5.32 Å². The molecule has 1 heterocycles. The number of nitrogens with one attached hydrogen (secondary N) is 1. The number of hydrogen-bond donors (Lipinski definition) is 2. The van der Waals surface area contributed by atoms with Gasteiger partial charge in [-0.1, -0.05) is 19.1 Å². The smallest absolute Gasteiger partial charge is 0.406 e. The zero-order chi connectivity index (χ0) is 14.8. The summed E-state index contributed by atoms with van der Waals surface area (Å²) < 4.78 is 40.0. The largest absolute Gasteiger partial charge is 0.573 e. The van der Waals surface area contributed by atoms with Crippen molar-refractivity contribution < 1.29 is 23.0 Å². The third-order valence-electron chi connectivity index (χ3n) is 3.54. The molecule has 0 radical (unpaired) electrons. The first-order chi connectivity index (χ1) is 9.35. The second kappa shape index (κ2) is 6.01. The molecule has 1 fully saturated rings. The highest BCUT2D eigenvalue weighted by atomic mass is 19.4. The van der Waals surface area contributed by atoms with E-state index in [1.165, 1.54) is 24.3 Å². The standard InChI is InChI=1S/C14H18F3NO2/c1-9-6-7-18-12(8-9)13(19)10-2-4-11(5-3-10)20-14(15,16)17/h2-5,9,12-13,18-19H,6-8H2,1H3. The zero-order valence-corrected chi connectivity index (χ0v) is 11.2. The summed E-state index contributed by atoms with van der Waals surface area (Å²) in [5.41, 5.74) is 0.589. The molecule has 1 saturated heterocycles. The molecule has 0 saturated carbocycles. The molecule has 1 aliphatic heterocycles. The summed E-state index contributed by atoms with van der Waals surface area (Å²) in [5.74, 6) is 0.252. The van der Waals surface area contributed by atoms with Crippen LogP contribution in [0.3, 0.4) is 0 Å². The number of aliphatic hydroxyl groups is 1. The number of rotatable bonds is 3. The van der Waals surface area contributed by atoms with Crippen LogP contribution in [0.5, 0.6) is 5.75 Å². The first-order valence-corrected chi connectivity index (χ1v) is 6.62. The van der Waals surface area contributed by atoms with Gasteiger partial charge in [-0.25, -0.2) is 0 Å². The topological polar surface area (TPSA) is 41.5 Å². The van der Waals surface area contributed by atoms with Gasteiger partial charge in [-0.3, -0.25) is 0 Å². The molecular formula is C14H18F3NO2. The lowest BCUT2D eigenvalue weighted by Crippen LogP contribution is -2.41. The second-order valence-corrected chi connectivity index (χ2v) is 5.25. The van der Waals surface area contributed by atoms with E-state index in [0.29, 0.717) is 11.5 Å². The summed E-state index contributed by atoms with van der Waals surface area (Å²) in [6.45, 7) is 2.97. The van der Waals surface area contributed by atoms with E-state index < -0.39 is 12.5 Å². The molecule has 0 amide bonds. The van der Waals surface area contributed by atoms with Crippen molar-refractivity contribution in [3.8, 4) is 5.75 Å². The highest BCUT2D eigenvalue weighted by molar-refractivity contribution is 5.29. The van der Waals surface area contributed by atoms with Crippen molar-refractivity contribution in [2.45, 2.75) is 38.3 Å². The lowest BCUT2D eigenvalue weighted by atomic mass is 9.89. The van der Waals surface area contributed by atoms with Crippen LogP contribution in [0, 0.1) is 5.92 Å². The van der Waals surface area contributed by atoms with Crippen LogP contribution in [-0.2, 0) is 0 Å². The van der Waals surface area contributed by atoms with Crippen LogP contribution in [-0.4, -0.2) is 24.1 Å². The molecular weight excluding hydrogens is 271 g/mol. The number of ether oxygens (including phenoxy) is 1. The van der Waals surface area contributed by atoms with E-state index in [4.69, 9.17) is 0 Å². The van der Waals surface area contributed by atoms with Crippen molar-refractivity contribution in [1.29, 1.82) is 0 Å². The van der Waals surface area contributed by atoms with Crippen molar-refractivity contribution in [3.05, 3.63) is 29.8 Å². The summed E-state index contributed by atoms with van der Waals surface area (Å²) >= 11 is 0. The lowest BCUT2D eigenvalue weighted by Gasteiger charge is -2.31. The van der Waals surface area contributed by atoms with Gasteiger partial charge in [0.25, 0.3) is 0 Å². The van der Waals surface area contributed by atoms with Crippen LogP contribution in [0.1, 0.15) is 31.4 Å². The minimum Gasteiger partial charge on any atom is -0.406 e. The van der Waals surface area contributed by atoms with Crippen molar-refractivity contribution in [2.24, 2.45) is 5.92 Å². The molecule has 0 aliphatic carbocycles. The molecule has 2 rings (SSSR count). The quantitative estimate of drug-likeness (QED) is 0.899. The fourth-order valence-electron chi connectivity index (χ4n) is 2.49. The van der Waals surface area contributed by atoms with Gasteiger partial charge in [0.15, 0.2) is 0 Å². The summed E-state index contributed by atoms with van der Waals surface area (Å²) in [7, 11) is 0. The summed E-state index contributed by atoms with van der Waals surface area (Å²) in [4.78, 5) is 0. The van der Waals surface area contributed by atoms with E-state index in [1.807, 2.05) is 0 Å². The minimum atomic E-state index is -4.69. The van der Waals surface area contributed by atoms with Crippen molar-refractivity contribution in [3.63, 3.8) is 0 Å². The fraction of sp³-hybridized carbons (Fsp3) is 0.571. The van der Waals surface area contributed by atoms with Gasteiger partial charge in [0, 0.05) is 6.04 Å². The van der Waals surface area contributed by atoms with Crippen molar-refractivity contribution >= 4 is 0 Å². The Labute approximate surface area is 115 Å². The Morgan fingerprint density at radius 2 is 1.95 bits per heavy atom.